The number of nitrogens with zero attached hydrogens (tertiary/aromatic N) is 3. The van der Waals surface area contributed by atoms with Crippen LogP contribution in [0.2, 0.25) is 0 Å². The van der Waals surface area contributed by atoms with Crippen LogP contribution in [0.15, 0.2) is 49.6 Å². The summed E-state index contributed by atoms with van der Waals surface area (Å²) in [5.74, 6) is 0.246. The van der Waals surface area contributed by atoms with Gasteiger partial charge in [0.2, 0.25) is 0 Å². The van der Waals surface area contributed by atoms with E-state index in [1.165, 1.54) is 0 Å². The first-order chi connectivity index (χ1) is 11.7. The van der Waals surface area contributed by atoms with Crippen LogP contribution in [0, 0.1) is 0 Å². The highest BCUT2D eigenvalue weighted by Crippen LogP contribution is 2.40. The molecule has 2 aromatic rings. The topological polar surface area (TPSA) is 67.6 Å². The number of fused-ring (bicyclic) bond motifs is 1. The molecule has 1 N–H and O–H groups in total. The van der Waals surface area contributed by atoms with Crippen LogP contribution in [-0.4, -0.2) is 40.3 Å². The lowest BCUT2D eigenvalue weighted by atomic mass is 9.97. The summed E-state index contributed by atoms with van der Waals surface area (Å²) in [4.78, 5) is 17.1. The normalized spacial score (nSPS) is 16.0. The van der Waals surface area contributed by atoms with Crippen molar-refractivity contribution in [3.05, 3.63) is 55.1 Å². The number of hydrogen-bond acceptors (Lipinski definition) is 4. The maximum atomic E-state index is 11.1. The zero-order valence-electron chi connectivity index (χ0n) is 13.5. The van der Waals surface area contributed by atoms with Crippen molar-refractivity contribution in [2.24, 2.45) is 0 Å². The summed E-state index contributed by atoms with van der Waals surface area (Å²) in [6.45, 7) is 5.69. The second-order valence-electron chi connectivity index (χ2n) is 5.88. The predicted molar refractivity (Wildman–Crippen MR) is 91.6 cm³/mol. The van der Waals surface area contributed by atoms with Gasteiger partial charge in [0.25, 0.3) is 0 Å². The Balaban J connectivity index is 1.79. The van der Waals surface area contributed by atoms with E-state index in [0.29, 0.717) is 13.2 Å². The van der Waals surface area contributed by atoms with Crippen molar-refractivity contribution >= 4 is 11.7 Å². The third kappa shape index (κ3) is 3.59. The van der Waals surface area contributed by atoms with Gasteiger partial charge in [-0.3, -0.25) is 4.79 Å². The van der Waals surface area contributed by atoms with Gasteiger partial charge in [-0.1, -0.05) is 12.7 Å². The minimum atomic E-state index is -0.816. The Labute approximate surface area is 141 Å². The lowest BCUT2D eigenvalue weighted by Gasteiger charge is -2.17. The Bertz CT molecular complexity index is 712. The van der Waals surface area contributed by atoms with Gasteiger partial charge in [0.1, 0.15) is 18.9 Å². The van der Waals surface area contributed by atoms with E-state index in [9.17, 15) is 4.79 Å². The molecule has 1 aliphatic heterocycles. The van der Waals surface area contributed by atoms with E-state index >= 15 is 0 Å². The molecule has 3 rings (SSSR count). The molecule has 1 aromatic heterocycles. The zero-order valence-corrected chi connectivity index (χ0v) is 13.5. The Kier molecular flexibility index (Phi) is 4.84. The van der Waals surface area contributed by atoms with Crippen LogP contribution in [0.5, 0.6) is 5.75 Å². The Morgan fingerprint density at radius 3 is 3.08 bits per heavy atom. The van der Waals surface area contributed by atoms with Crippen LogP contribution in [0.4, 0.5) is 5.69 Å². The summed E-state index contributed by atoms with van der Waals surface area (Å²) >= 11 is 0. The molecule has 0 aliphatic carbocycles. The molecule has 1 atom stereocenters. The summed E-state index contributed by atoms with van der Waals surface area (Å²) in [6.07, 6.45) is 8.13. The van der Waals surface area contributed by atoms with Crippen LogP contribution in [0.3, 0.4) is 0 Å². The number of hydrogen-bond donors (Lipinski definition) is 1. The number of aryl methyl sites for hydroxylation is 1. The van der Waals surface area contributed by atoms with Crippen molar-refractivity contribution in [3.8, 4) is 5.75 Å². The molecule has 6 heteroatoms. The number of anilines is 1. The molecule has 2 heterocycles. The molecule has 126 valence electrons. The van der Waals surface area contributed by atoms with Crippen molar-refractivity contribution in [1.82, 2.24) is 9.55 Å². The quantitative estimate of drug-likeness (QED) is 0.755. The molecule has 0 spiro atoms. The van der Waals surface area contributed by atoms with Crippen molar-refractivity contribution in [2.75, 3.05) is 24.6 Å². The fourth-order valence-corrected chi connectivity index (χ4v) is 3.14. The largest absolute Gasteiger partial charge is 0.490 e. The molecular formula is C18H21N3O3. The summed E-state index contributed by atoms with van der Waals surface area (Å²) in [6, 6.07) is 5.86. The fourth-order valence-electron chi connectivity index (χ4n) is 3.14. The zero-order chi connectivity index (χ0) is 16.9. The third-order valence-electron chi connectivity index (χ3n) is 4.21. The van der Waals surface area contributed by atoms with Crippen molar-refractivity contribution in [1.29, 1.82) is 0 Å². The molecule has 0 radical (unpaired) electrons. The Hall–Kier alpha value is -2.76. The second-order valence-corrected chi connectivity index (χ2v) is 5.88. The highest BCUT2D eigenvalue weighted by atomic mass is 16.5. The second kappa shape index (κ2) is 7.21. The van der Waals surface area contributed by atoms with Crippen LogP contribution >= 0.6 is 0 Å². The highest BCUT2D eigenvalue weighted by Gasteiger charge is 2.30. The molecule has 0 saturated carbocycles. The molecule has 6 nitrogen and oxygen atoms in total. The third-order valence-corrected chi connectivity index (χ3v) is 4.21. The number of aliphatic carboxylic acids is 1. The van der Waals surface area contributed by atoms with Gasteiger partial charge in [0, 0.05) is 37.1 Å². The van der Waals surface area contributed by atoms with Crippen molar-refractivity contribution in [3.63, 3.8) is 0 Å². The van der Waals surface area contributed by atoms with E-state index in [4.69, 9.17) is 9.84 Å². The van der Waals surface area contributed by atoms with E-state index in [1.807, 2.05) is 33.9 Å². The molecule has 0 amide bonds. The standard InChI is InChI=1S/C18H21N3O3/c1-2-9-24-15-3-4-17-16(10-15)14(11-21(17)12-18(22)23)5-7-20-8-6-19-13-20/h2-4,6,8,10,13-14H,1,5,7,9,11-12H2,(H,22,23). The number of aromatic nitrogens is 2. The van der Waals surface area contributed by atoms with Gasteiger partial charge in [-0.15, -0.1) is 0 Å². The van der Waals surface area contributed by atoms with E-state index in [0.717, 1.165) is 30.0 Å². The monoisotopic (exact) mass is 327 g/mol. The minimum Gasteiger partial charge on any atom is -0.490 e. The average Bonchev–Trinajstić information content (AvgIpc) is 3.19. The van der Waals surface area contributed by atoms with Gasteiger partial charge in [-0.25, -0.2) is 4.98 Å². The van der Waals surface area contributed by atoms with Gasteiger partial charge in [0.05, 0.1) is 6.33 Å². The lowest BCUT2D eigenvalue weighted by molar-refractivity contribution is -0.135. The van der Waals surface area contributed by atoms with Gasteiger partial charge >= 0.3 is 5.97 Å². The summed E-state index contributed by atoms with van der Waals surface area (Å²) in [5.41, 5.74) is 2.14. The van der Waals surface area contributed by atoms with Crippen LogP contribution in [-0.2, 0) is 11.3 Å². The first-order valence-corrected chi connectivity index (χ1v) is 7.97. The number of carboxylic acid groups (broad SMARTS) is 1. The molecule has 1 aliphatic rings. The minimum absolute atomic E-state index is 0.0153. The van der Waals surface area contributed by atoms with Crippen LogP contribution in [0.25, 0.3) is 0 Å². The van der Waals surface area contributed by atoms with Crippen molar-refractivity contribution in [2.45, 2.75) is 18.9 Å². The van der Waals surface area contributed by atoms with E-state index < -0.39 is 5.97 Å². The summed E-state index contributed by atoms with van der Waals surface area (Å²) < 4.78 is 7.67. The van der Waals surface area contributed by atoms with E-state index in [-0.39, 0.29) is 12.5 Å². The molecule has 1 aromatic carbocycles. The lowest BCUT2D eigenvalue weighted by Crippen LogP contribution is -2.28. The number of benzene rings is 1. The number of carboxylic acids is 1. The van der Waals surface area contributed by atoms with Gasteiger partial charge in [-0.2, -0.15) is 0 Å². The average molecular weight is 327 g/mol. The van der Waals surface area contributed by atoms with E-state index in [2.05, 4.69) is 11.6 Å². The molecular weight excluding hydrogens is 306 g/mol. The number of ether oxygens (including phenoxy) is 1. The molecule has 0 fully saturated rings. The molecule has 0 bridgehead atoms. The number of rotatable bonds is 8. The van der Waals surface area contributed by atoms with Crippen LogP contribution in [0.1, 0.15) is 17.9 Å². The smallest absolute Gasteiger partial charge is 0.323 e. The maximum Gasteiger partial charge on any atom is 0.323 e. The molecule has 1 unspecified atom stereocenters. The van der Waals surface area contributed by atoms with Gasteiger partial charge in [-0.05, 0) is 30.2 Å². The van der Waals surface area contributed by atoms with Gasteiger partial charge in [0.15, 0.2) is 0 Å². The fraction of sp³-hybridized carbons (Fsp3) is 0.333. The molecule has 24 heavy (non-hydrogen) atoms. The number of carbonyl (C=O) groups is 1. The van der Waals surface area contributed by atoms with E-state index in [1.54, 1.807) is 18.6 Å². The Morgan fingerprint density at radius 1 is 1.50 bits per heavy atom. The first kappa shape index (κ1) is 16.1. The SMILES string of the molecule is C=CCOc1ccc2c(c1)C(CCn1ccnc1)CN2CC(=O)O. The van der Waals surface area contributed by atoms with Crippen LogP contribution < -0.4 is 9.64 Å². The maximum absolute atomic E-state index is 11.1. The number of imidazole rings is 1. The van der Waals surface area contributed by atoms with Gasteiger partial charge < -0.3 is 19.3 Å². The highest BCUT2D eigenvalue weighted by molar-refractivity contribution is 5.76. The summed E-state index contributed by atoms with van der Waals surface area (Å²) in [7, 11) is 0. The Morgan fingerprint density at radius 2 is 2.38 bits per heavy atom. The predicted octanol–water partition coefficient (Wildman–Crippen LogP) is 2.53. The first-order valence-electron chi connectivity index (χ1n) is 7.97. The summed E-state index contributed by atoms with van der Waals surface area (Å²) in [5, 5.41) is 9.15. The van der Waals surface area contributed by atoms with Crippen molar-refractivity contribution < 1.29 is 14.6 Å². The molecule has 0 saturated heterocycles.